The van der Waals surface area contributed by atoms with Crippen LogP contribution in [0.15, 0.2) is 10.5 Å². The zero-order chi connectivity index (χ0) is 13.5. The van der Waals surface area contributed by atoms with E-state index in [0.717, 1.165) is 0 Å². The summed E-state index contributed by atoms with van der Waals surface area (Å²) in [5.74, 6) is 0.296. The molecule has 1 heterocycles. The number of hydrogen-bond acceptors (Lipinski definition) is 6. The molecule has 0 unspecified atom stereocenters. The summed E-state index contributed by atoms with van der Waals surface area (Å²) in [6.45, 7) is 3.08. The fourth-order valence-electron chi connectivity index (χ4n) is 1.69. The Bertz CT molecular complexity index is 382. The molecule has 0 bridgehead atoms. The highest BCUT2D eigenvalue weighted by molar-refractivity contribution is 5.87. The molecular weight excluding hydrogens is 238 g/mol. The molecule has 0 aliphatic rings. The molecular formula is C12H19NO5. The standard InChI is InChI=1S/C12H19NO5/c1-9-7-10(18-11(9)12(16)17-2)8-13(3-5-14)4-6-15/h7,14-15H,3-6,8H2,1-2H3. The van der Waals surface area contributed by atoms with Gasteiger partial charge < -0.3 is 19.4 Å². The lowest BCUT2D eigenvalue weighted by Gasteiger charge is -2.18. The van der Waals surface area contributed by atoms with Crippen molar-refractivity contribution in [3.63, 3.8) is 0 Å². The van der Waals surface area contributed by atoms with Gasteiger partial charge in [0, 0.05) is 18.7 Å². The van der Waals surface area contributed by atoms with Gasteiger partial charge in [-0.05, 0) is 13.0 Å². The molecule has 18 heavy (non-hydrogen) atoms. The van der Waals surface area contributed by atoms with Crippen LogP contribution in [-0.2, 0) is 11.3 Å². The first-order chi connectivity index (χ1) is 8.62. The number of esters is 1. The number of aliphatic hydroxyl groups excluding tert-OH is 2. The van der Waals surface area contributed by atoms with Gasteiger partial charge in [0.2, 0.25) is 5.76 Å². The minimum Gasteiger partial charge on any atom is -0.463 e. The summed E-state index contributed by atoms with van der Waals surface area (Å²) < 4.78 is 10.0. The Morgan fingerprint density at radius 1 is 1.39 bits per heavy atom. The van der Waals surface area contributed by atoms with Gasteiger partial charge in [0.15, 0.2) is 0 Å². The summed E-state index contributed by atoms with van der Waals surface area (Å²) in [6, 6.07) is 1.76. The van der Waals surface area contributed by atoms with E-state index in [2.05, 4.69) is 4.74 Å². The van der Waals surface area contributed by atoms with Gasteiger partial charge in [0.1, 0.15) is 5.76 Å². The highest BCUT2D eigenvalue weighted by atomic mass is 16.5. The van der Waals surface area contributed by atoms with Crippen molar-refractivity contribution in [1.29, 1.82) is 0 Å². The summed E-state index contributed by atoms with van der Waals surface area (Å²) in [5, 5.41) is 17.8. The molecule has 0 spiro atoms. The van der Waals surface area contributed by atoms with Gasteiger partial charge in [-0.2, -0.15) is 0 Å². The third-order valence-electron chi connectivity index (χ3n) is 2.55. The first kappa shape index (κ1) is 14.7. The van der Waals surface area contributed by atoms with E-state index in [1.807, 2.05) is 4.90 Å². The number of rotatable bonds is 7. The van der Waals surface area contributed by atoms with Crippen LogP contribution in [0.5, 0.6) is 0 Å². The fraction of sp³-hybridized carbons (Fsp3) is 0.583. The van der Waals surface area contributed by atoms with E-state index in [1.165, 1.54) is 7.11 Å². The lowest BCUT2D eigenvalue weighted by atomic mass is 10.2. The summed E-state index contributed by atoms with van der Waals surface area (Å²) >= 11 is 0. The van der Waals surface area contributed by atoms with Crippen LogP contribution < -0.4 is 0 Å². The summed E-state index contributed by atoms with van der Waals surface area (Å²) in [5.41, 5.74) is 0.713. The Hall–Kier alpha value is -1.37. The van der Waals surface area contributed by atoms with Crippen molar-refractivity contribution >= 4 is 5.97 Å². The molecule has 1 rings (SSSR count). The number of aliphatic hydroxyl groups is 2. The molecule has 2 N–H and O–H groups in total. The molecule has 6 nitrogen and oxygen atoms in total. The molecule has 0 radical (unpaired) electrons. The highest BCUT2D eigenvalue weighted by Crippen LogP contribution is 2.17. The van der Waals surface area contributed by atoms with Crippen molar-refractivity contribution in [1.82, 2.24) is 4.90 Å². The van der Waals surface area contributed by atoms with Crippen LogP contribution in [-0.4, -0.2) is 54.5 Å². The molecule has 0 fully saturated rings. The number of methoxy groups -OCH3 is 1. The summed E-state index contributed by atoms with van der Waals surface area (Å²) in [6.07, 6.45) is 0. The van der Waals surface area contributed by atoms with Gasteiger partial charge in [0.05, 0.1) is 26.9 Å². The number of ether oxygens (including phenoxy) is 1. The van der Waals surface area contributed by atoms with Crippen LogP contribution in [0.1, 0.15) is 21.9 Å². The molecule has 0 aliphatic carbocycles. The topological polar surface area (TPSA) is 83.1 Å². The maximum Gasteiger partial charge on any atom is 0.374 e. The Morgan fingerprint density at radius 3 is 2.50 bits per heavy atom. The first-order valence-electron chi connectivity index (χ1n) is 5.74. The van der Waals surface area contributed by atoms with Crippen molar-refractivity contribution in [2.45, 2.75) is 13.5 Å². The SMILES string of the molecule is COC(=O)c1oc(CN(CCO)CCO)cc1C. The van der Waals surface area contributed by atoms with Crippen molar-refractivity contribution in [2.75, 3.05) is 33.4 Å². The van der Waals surface area contributed by atoms with E-state index in [4.69, 9.17) is 14.6 Å². The number of carbonyl (C=O) groups is 1. The molecule has 0 atom stereocenters. The van der Waals surface area contributed by atoms with E-state index >= 15 is 0 Å². The van der Waals surface area contributed by atoms with Gasteiger partial charge in [-0.15, -0.1) is 0 Å². The predicted molar refractivity (Wildman–Crippen MR) is 64.2 cm³/mol. The lowest BCUT2D eigenvalue weighted by molar-refractivity contribution is 0.0558. The summed E-state index contributed by atoms with van der Waals surface area (Å²) in [4.78, 5) is 13.2. The number of aryl methyl sites for hydroxylation is 1. The van der Waals surface area contributed by atoms with Gasteiger partial charge in [0.25, 0.3) is 0 Å². The first-order valence-corrected chi connectivity index (χ1v) is 5.74. The summed E-state index contributed by atoms with van der Waals surface area (Å²) in [7, 11) is 1.30. The van der Waals surface area contributed by atoms with Crippen LogP contribution in [0, 0.1) is 6.92 Å². The van der Waals surface area contributed by atoms with E-state index in [1.54, 1.807) is 13.0 Å². The van der Waals surface area contributed by atoms with Crippen LogP contribution in [0.25, 0.3) is 0 Å². The predicted octanol–water partition coefficient (Wildman–Crippen LogP) is 0.161. The average Bonchev–Trinajstić information content (AvgIpc) is 2.70. The largest absolute Gasteiger partial charge is 0.463 e. The van der Waals surface area contributed by atoms with Crippen molar-refractivity contribution in [3.05, 3.63) is 23.2 Å². The molecule has 0 saturated heterocycles. The van der Waals surface area contributed by atoms with E-state index in [-0.39, 0.29) is 19.0 Å². The van der Waals surface area contributed by atoms with Crippen LogP contribution >= 0.6 is 0 Å². The van der Waals surface area contributed by atoms with Crippen molar-refractivity contribution < 1.29 is 24.2 Å². The van der Waals surface area contributed by atoms with Gasteiger partial charge >= 0.3 is 5.97 Å². The fourth-order valence-corrected chi connectivity index (χ4v) is 1.69. The molecule has 6 heteroatoms. The molecule has 1 aromatic rings. The Labute approximate surface area is 106 Å². The van der Waals surface area contributed by atoms with Crippen LogP contribution in [0.2, 0.25) is 0 Å². The monoisotopic (exact) mass is 257 g/mol. The lowest BCUT2D eigenvalue weighted by Crippen LogP contribution is -2.29. The average molecular weight is 257 g/mol. The Kier molecular flexibility index (Phi) is 5.84. The molecule has 0 amide bonds. The van der Waals surface area contributed by atoms with E-state index in [9.17, 15) is 4.79 Å². The van der Waals surface area contributed by atoms with Crippen molar-refractivity contribution in [2.24, 2.45) is 0 Å². The van der Waals surface area contributed by atoms with Crippen LogP contribution in [0.4, 0.5) is 0 Å². The second-order valence-electron chi connectivity index (χ2n) is 3.94. The zero-order valence-corrected chi connectivity index (χ0v) is 10.7. The number of carbonyl (C=O) groups excluding carboxylic acids is 1. The number of furan rings is 1. The molecule has 0 aromatic carbocycles. The van der Waals surface area contributed by atoms with Gasteiger partial charge in [-0.1, -0.05) is 0 Å². The third-order valence-corrected chi connectivity index (χ3v) is 2.55. The number of hydrogen-bond donors (Lipinski definition) is 2. The maximum atomic E-state index is 11.4. The second kappa shape index (κ2) is 7.15. The van der Waals surface area contributed by atoms with E-state index in [0.29, 0.717) is 31.0 Å². The molecule has 102 valence electrons. The Balaban J connectivity index is 2.74. The second-order valence-corrected chi connectivity index (χ2v) is 3.94. The minimum atomic E-state index is -0.505. The van der Waals surface area contributed by atoms with Crippen molar-refractivity contribution in [3.8, 4) is 0 Å². The molecule has 0 saturated carbocycles. The maximum absolute atomic E-state index is 11.4. The third kappa shape index (κ3) is 3.83. The zero-order valence-electron chi connectivity index (χ0n) is 10.7. The molecule has 1 aromatic heterocycles. The van der Waals surface area contributed by atoms with Gasteiger partial charge in [-0.25, -0.2) is 4.79 Å². The number of nitrogens with zero attached hydrogens (tertiary/aromatic N) is 1. The minimum absolute atomic E-state index is 0.00352. The van der Waals surface area contributed by atoms with Gasteiger partial charge in [-0.3, -0.25) is 4.90 Å². The quantitative estimate of drug-likeness (QED) is 0.677. The normalized spacial score (nSPS) is 10.9. The smallest absolute Gasteiger partial charge is 0.374 e. The highest BCUT2D eigenvalue weighted by Gasteiger charge is 2.17. The molecule has 0 aliphatic heterocycles. The Morgan fingerprint density at radius 2 is 2.00 bits per heavy atom. The van der Waals surface area contributed by atoms with Crippen LogP contribution in [0.3, 0.4) is 0 Å². The van der Waals surface area contributed by atoms with E-state index < -0.39 is 5.97 Å².